The first-order chi connectivity index (χ1) is 5.63. The molecule has 2 atom stereocenters. The molecule has 1 aliphatic heterocycles. The highest BCUT2D eigenvalue weighted by Crippen LogP contribution is 2.43. The lowest BCUT2D eigenvalue weighted by Crippen LogP contribution is -2.35. The maximum absolute atomic E-state index is 11.1. The fourth-order valence-corrected chi connectivity index (χ4v) is 2.24. The molecule has 1 fully saturated rings. The molecule has 0 aromatic carbocycles. The Hall–Kier alpha value is -0.790. The van der Waals surface area contributed by atoms with Crippen LogP contribution in [0, 0.1) is 5.92 Å². The van der Waals surface area contributed by atoms with Gasteiger partial charge in [-0.05, 0) is 32.3 Å². The summed E-state index contributed by atoms with van der Waals surface area (Å²) in [4.78, 5) is 11.1. The average molecular weight is 166 g/mol. The first-order valence-electron chi connectivity index (χ1n) is 4.52. The molecule has 1 saturated heterocycles. The summed E-state index contributed by atoms with van der Waals surface area (Å²) in [7, 11) is 0. The van der Waals surface area contributed by atoms with Crippen molar-refractivity contribution in [2.45, 2.75) is 38.7 Å². The molecule has 0 bridgehead atoms. The van der Waals surface area contributed by atoms with Crippen LogP contribution in [-0.2, 0) is 9.53 Å². The second-order valence-corrected chi connectivity index (χ2v) is 3.95. The van der Waals surface area contributed by atoms with Crippen LogP contribution in [0.2, 0.25) is 0 Å². The fraction of sp³-hybridized carbons (Fsp3) is 0.700. The zero-order chi connectivity index (χ0) is 8.77. The molecule has 66 valence electrons. The Labute approximate surface area is 72.6 Å². The van der Waals surface area contributed by atoms with E-state index in [1.807, 2.05) is 6.92 Å². The molecule has 2 rings (SSSR count). The van der Waals surface area contributed by atoms with Gasteiger partial charge in [0.2, 0.25) is 0 Å². The van der Waals surface area contributed by atoms with Crippen molar-refractivity contribution in [2.75, 3.05) is 0 Å². The van der Waals surface area contributed by atoms with Crippen LogP contribution in [0.4, 0.5) is 0 Å². The Balaban J connectivity index is 2.35. The predicted octanol–water partition coefficient (Wildman–Crippen LogP) is 2.05. The van der Waals surface area contributed by atoms with Gasteiger partial charge in [0.25, 0.3) is 0 Å². The Morgan fingerprint density at radius 2 is 2.42 bits per heavy atom. The average Bonchev–Trinajstić information content (AvgIpc) is 2.27. The molecule has 0 saturated carbocycles. The molecule has 0 amide bonds. The summed E-state index contributed by atoms with van der Waals surface area (Å²) < 4.78 is 5.36. The van der Waals surface area contributed by atoms with E-state index >= 15 is 0 Å². The van der Waals surface area contributed by atoms with Crippen molar-refractivity contribution in [3.8, 4) is 0 Å². The lowest BCUT2D eigenvalue weighted by atomic mass is 9.76. The normalized spacial score (nSPS) is 40.3. The van der Waals surface area contributed by atoms with Gasteiger partial charge in [0.1, 0.15) is 5.60 Å². The van der Waals surface area contributed by atoms with Gasteiger partial charge in [0.05, 0.1) is 6.42 Å². The SMILES string of the molecule is CC1=CCCC2CC(=O)OC12C. The second kappa shape index (κ2) is 2.35. The van der Waals surface area contributed by atoms with Gasteiger partial charge < -0.3 is 4.74 Å². The van der Waals surface area contributed by atoms with Gasteiger partial charge in [-0.1, -0.05) is 6.08 Å². The van der Waals surface area contributed by atoms with Crippen molar-refractivity contribution in [3.63, 3.8) is 0 Å². The van der Waals surface area contributed by atoms with Crippen LogP contribution in [0.5, 0.6) is 0 Å². The molecular formula is C10H14O2. The van der Waals surface area contributed by atoms with E-state index < -0.39 is 0 Å². The number of allylic oxidation sites excluding steroid dienone is 1. The van der Waals surface area contributed by atoms with Crippen LogP contribution < -0.4 is 0 Å². The smallest absolute Gasteiger partial charge is 0.307 e. The highest BCUT2D eigenvalue weighted by Gasteiger charge is 2.47. The molecule has 0 aromatic rings. The quantitative estimate of drug-likeness (QED) is 0.406. The van der Waals surface area contributed by atoms with E-state index in [-0.39, 0.29) is 11.6 Å². The highest BCUT2D eigenvalue weighted by molar-refractivity contribution is 5.73. The molecule has 0 spiro atoms. The number of rotatable bonds is 0. The minimum atomic E-state index is -0.269. The van der Waals surface area contributed by atoms with Crippen LogP contribution >= 0.6 is 0 Å². The van der Waals surface area contributed by atoms with Crippen LogP contribution in [-0.4, -0.2) is 11.6 Å². The molecule has 0 aromatic heterocycles. The summed E-state index contributed by atoms with van der Waals surface area (Å²) in [6.45, 7) is 4.10. The van der Waals surface area contributed by atoms with Crippen molar-refractivity contribution in [1.29, 1.82) is 0 Å². The standard InChI is InChI=1S/C10H14O2/c1-7-4-3-5-8-6-9(11)12-10(7,8)2/h4,8H,3,5-6H2,1-2H3. The zero-order valence-electron chi connectivity index (χ0n) is 7.59. The fourth-order valence-electron chi connectivity index (χ4n) is 2.24. The summed E-state index contributed by atoms with van der Waals surface area (Å²) in [6.07, 6.45) is 5.00. The Bertz CT molecular complexity index is 255. The third kappa shape index (κ3) is 0.904. The van der Waals surface area contributed by atoms with E-state index in [0.717, 1.165) is 12.8 Å². The number of ether oxygens (including phenoxy) is 1. The number of esters is 1. The van der Waals surface area contributed by atoms with E-state index in [1.54, 1.807) is 0 Å². The molecule has 1 heterocycles. The molecule has 0 radical (unpaired) electrons. The van der Waals surface area contributed by atoms with Crippen LogP contribution in [0.25, 0.3) is 0 Å². The summed E-state index contributed by atoms with van der Waals surface area (Å²) in [5.41, 5.74) is 0.958. The van der Waals surface area contributed by atoms with Gasteiger partial charge >= 0.3 is 5.97 Å². The topological polar surface area (TPSA) is 26.3 Å². The number of carbonyl (C=O) groups excluding carboxylic acids is 1. The molecule has 0 N–H and O–H groups in total. The van der Waals surface area contributed by atoms with E-state index in [0.29, 0.717) is 12.3 Å². The Kier molecular flexibility index (Phi) is 1.53. The number of hydrogen-bond acceptors (Lipinski definition) is 2. The summed E-state index contributed by atoms with van der Waals surface area (Å²) in [5, 5.41) is 0. The summed E-state index contributed by atoms with van der Waals surface area (Å²) in [6, 6.07) is 0. The van der Waals surface area contributed by atoms with Gasteiger partial charge in [0.15, 0.2) is 0 Å². The minimum absolute atomic E-state index is 0.0304. The van der Waals surface area contributed by atoms with Crippen molar-refractivity contribution in [3.05, 3.63) is 11.6 Å². The molecule has 2 unspecified atom stereocenters. The molecule has 12 heavy (non-hydrogen) atoms. The number of hydrogen-bond donors (Lipinski definition) is 0. The van der Waals surface area contributed by atoms with Crippen LogP contribution in [0.1, 0.15) is 33.1 Å². The van der Waals surface area contributed by atoms with Crippen molar-refractivity contribution >= 4 is 5.97 Å². The highest BCUT2D eigenvalue weighted by atomic mass is 16.6. The lowest BCUT2D eigenvalue weighted by Gasteiger charge is -2.33. The van der Waals surface area contributed by atoms with Crippen LogP contribution in [0.15, 0.2) is 11.6 Å². The molecule has 2 heteroatoms. The second-order valence-electron chi connectivity index (χ2n) is 3.95. The Morgan fingerprint density at radius 1 is 1.67 bits per heavy atom. The minimum Gasteiger partial charge on any atom is -0.454 e. The van der Waals surface area contributed by atoms with Crippen LogP contribution in [0.3, 0.4) is 0 Å². The summed E-state index contributed by atoms with van der Waals surface area (Å²) >= 11 is 0. The van der Waals surface area contributed by atoms with E-state index in [1.165, 1.54) is 5.57 Å². The van der Waals surface area contributed by atoms with Crippen molar-refractivity contribution in [1.82, 2.24) is 0 Å². The largest absolute Gasteiger partial charge is 0.454 e. The maximum atomic E-state index is 11.1. The van der Waals surface area contributed by atoms with Gasteiger partial charge in [-0.3, -0.25) is 4.79 Å². The van der Waals surface area contributed by atoms with Gasteiger partial charge in [-0.25, -0.2) is 0 Å². The molecular weight excluding hydrogens is 152 g/mol. The summed E-state index contributed by atoms with van der Waals surface area (Å²) in [5.74, 6) is 0.396. The van der Waals surface area contributed by atoms with Gasteiger partial charge in [-0.2, -0.15) is 0 Å². The monoisotopic (exact) mass is 166 g/mol. The first kappa shape index (κ1) is 7.84. The molecule has 2 nitrogen and oxygen atoms in total. The van der Waals surface area contributed by atoms with E-state index in [9.17, 15) is 4.79 Å². The number of carbonyl (C=O) groups is 1. The zero-order valence-corrected chi connectivity index (χ0v) is 7.59. The maximum Gasteiger partial charge on any atom is 0.307 e. The number of fused-ring (bicyclic) bond motifs is 1. The molecule has 2 aliphatic rings. The third-order valence-electron chi connectivity index (χ3n) is 3.27. The predicted molar refractivity (Wildman–Crippen MR) is 45.6 cm³/mol. The lowest BCUT2D eigenvalue weighted by molar-refractivity contribution is -0.145. The van der Waals surface area contributed by atoms with Gasteiger partial charge in [-0.15, -0.1) is 0 Å². The van der Waals surface area contributed by atoms with Gasteiger partial charge in [0, 0.05) is 5.92 Å². The third-order valence-corrected chi connectivity index (χ3v) is 3.27. The van der Waals surface area contributed by atoms with Crippen molar-refractivity contribution < 1.29 is 9.53 Å². The Morgan fingerprint density at radius 3 is 3.08 bits per heavy atom. The molecule has 1 aliphatic carbocycles. The van der Waals surface area contributed by atoms with E-state index in [2.05, 4.69) is 13.0 Å². The van der Waals surface area contributed by atoms with E-state index in [4.69, 9.17) is 4.74 Å². The van der Waals surface area contributed by atoms with Crippen molar-refractivity contribution in [2.24, 2.45) is 5.92 Å². The first-order valence-corrected chi connectivity index (χ1v) is 4.52.